The molecule has 0 saturated heterocycles. The molecule has 1 aliphatic carbocycles. The maximum atomic E-state index is 13.8. The standard InChI is InChI=1S/C11H6F9N/c1-9(2-3-21)7(11(18,19)20)5(12)4(10(15,16)17)6(13)8(9)14/h8H,2H2,1H3. The van der Waals surface area contributed by atoms with Gasteiger partial charge in [0.05, 0.1) is 17.1 Å². The summed E-state index contributed by atoms with van der Waals surface area (Å²) in [5.74, 6) is -5.65. The van der Waals surface area contributed by atoms with E-state index in [-0.39, 0.29) is 0 Å². The number of allylic oxidation sites excluding steroid dienone is 4. The third-order valence-electron chi connectivity index (χ3n) is 3.04. The van der Waals surface area contributed by atoms with Crippen molar-refractivity contribution in [3.8, 4) is 6.07 Å². The summed E-state index contributed by atoms with van der Waals surface area (Å²) in [6.07, 6.45) is -16.3. The first-order chi connectivity index (χ1) is 9.28. The van der Waals surface area contributed by atoms with Crippen LogP contribution < -0.4 is 0 Å². The molecule has 1 nitrogen and oxygen atoms in total. The Bertz CT molecular complexity index is 546. The molecule has 0 aromatic carbocycles. The van der Waals surface area contributed by atoms with Gasteiger partial charge < -0.3 is 0 Å². The molecule has 0 aliphatic heterocycles. The van der Waals surface area contributed by atoms with Crippen LogP contribution in [0.3, 0.4) is 0 Å². The zero-order chi connectivity index (χ0) is 16.8. The van der Waals surface area contributed by atoms with Crippen molar-refractivity contribution in [2.24, 2.45) is 5.41 Å². The van der Waals surface area contributed by atoms with E-state index in [0.29, 0.717) is 6.92 Å². The predicted molar refractivity (Wildman–Crippen MR) is 51.6 cm³/mol. The molecular formula is C11H6F9N. The molecule has 0 heterocycles. The molecule has 0 radical (unpaired) electrons. The Labute approximate surface area is 112 Å². The first-order valence-electron chi connectivity index (χ1n) is 5.24. The van der Waals surface area contributed by atoms with Crippen molar-refractivity contribution in [1.82, 2.24) is 0 Å². The highest BCUT2D eigenvalue weighted by Crippen LogP contribution is 2.56. The number of halogens is 9. The third kappa shape index (κ3) is 2.73. The number of alkyl halides is 7. The average molecular weight is 323 g/mol. The summed E-state index contributed by atoms with van der Waals surface area (Å²) < 4.78 is 116. The zero-order valence-corrected chi connectivity index (χ0v) is 10.1. The fourth-order valence-corrected chi connectivity index (χ4v) is 2.06. The Morgan fingerprint density at radius 3 is 1.90 bits per heavy atom. The summed E-state index contributed by atoms with van der Waals surface area (Å²) in [6.45, 7) is 0.343. The molecule has 1 aliphatic rings. The topological polar surface area (TPSA) is 23.8 Å². The van der Waals surface area contributed by atoms with Crippen LogP contribution in [0, 0.1) is 16.7 Å². The van der Waals surface area contributed by atoms with E-state index in [2.05, 4.69) is 0 Å². The van der Waals surface area contributed by atoms with Crippen LogP contribution in [-0.2, 0) is 0 Å². The summed E-state index contributed by atoms with van der Waals surface area (Å²) in [7, 11) is 0. The third-order valence-corrected chi connectivity index (χ3v) is 3.04. The van der Waals surface area contributed by atoms with E-state index in [0.717, 1.165) is 6.07 Å². The van der Waals surface area contributed by atoms with Crippen molar-refractivity contribution < 1.29 is 39.5 Å². The monoisotopic (exact) mass is 323 g/mol. The maximum Gasteiger partial charge on any atom is 0.421 e. The fraction of sp³-hybridized carbons (Fsp3) is 0.545. The van der Waals surface area contributed by atoms with Gasteiger partial charge in [-0.15, -0.1) is 0 Å². The van der Waals surface area contributed by atoms with Crippen LogP contribution in [0.25, 0.3) is 0 Å². The van der Waals surface area contributed by atoms with Crippen molar-refractivity contribution >= 4 is 0 Å². The van der Waals surface area contributed by atoms with Gasteiger partial charge in [0.15, 0.2) is 12.0 Å². The van der Waals surface area contributed by atoms with Gasteiger partial charge in [-0.25, -0.2) is 13.2 Å². The molecule has 0 amide bonds. The molecule has 2 unspecified atom stereocenters. The lowest BCUT2D eigenvalue weighted by Gasteiger charge is -2.38. The molecule has 0 aromatic rings. The van der Waals surface area contributed by atoms with Gasteiger partial charge in [-0.1, -0.05) is 6.92 Å². The SMILES string of the molecule is CC1(CC#N)C(C(F)(F)F)=C(F)C(C(F)(F)F)=C(F)C1F. The Balaban J connectivity index is 3.77. The van der Waals surface area contributed by atoms with E-state index < -0.39 is 53.2 Å². The van der Waals surface area contributed by atoms with Crippen LogP contribution in [0.1, 0.15) is 13.3 Å². The number of hydrogen-bond acceptors (Lipinski definition) is 1. The average Bonchev–Trinajstić information content (AvgIpc) is 2.22. The van der Waals surface area contributed by atoms with Crippen LogP contribution in [-0.4, -0.2) is 18.5 Å². The largest absolute Gasteiger partial charge is 0.421 e. The fourth-order valence-electron chi connectivity index (χ4n) is 2.06. The summed E-state index contributed by atoms with van der Waals surface area (Å²) in [5, 5.41) is 8.39. The van der Waals surface area contributed by atoms with Crippen molar-refractivity contribution in [2.75, 3.05) is 0 Å². The molecule has 21 heavy (non-hydrogen) atoms. The molecule has 10 heteroatoms. The van der Waals surface area contributed by atoms with Gasteiger partial charge in [0.2, 0.25) is 0 Å². The van der Waals surface area contributed by atoms with Crippen LogP contribution in [0.15, 0.2) is 22.8 Å². The summed E-state index contributed by atoms with van der Waals surface area (Å²) in [5.41, 5.74) is -8.56. The van der Waals surface area contributed by atoms with Crippen molar-refractivity contribution in [3.05, 3.63) is 22.8 Å². The molecule has 1 rings (SSSR count). The minimum atomic E-state index is -5.84. The van der Waals surface area contributed by atoms with E-state index in [9.17, 15) is 39.5 Å². The van der Waals surface area contributed by atoms with E-state index in [4.69, 9.17) is 5.26 Å². The molecule has 0 aromatic heterocycles. The lowest BCUT2D eigenvalue weighted by atomic mass is 9.70. The molecule has 0 fully saturated rings. The smallest absolute Gasteiger partial charge is 0.239 e. The summed E-state index contributed by atoms with van der Waals surface area (Å²) >= 11 is 0. The second-order valence-corrected chi connectivity index (χ2v) is 4.52. The van der Waals surface area contributed by atoms with E-state index in [1.807, 2.05) is 0 Å². The number of nitrogens with zero attached hydrogens (tertiary/aromatic N) is 1. The van der Waals surface area contributed by atoms with E-state index in [1.54, 1.807) is 0 Å². The highest BCUT2D eigenvalue weighted by Gasteiger charge is 2.60. The van der Waals surface area contributed by atoms with Gasteiger partial charge in [-0.3, -0.25) is 0 Å². The second-order valence-electron chi connectivity index (χ2n) is 4.52. The lowest BCUT2D eigenvalue weighted by molar-refractivity contribution is -0.121. The van der Waals surface area contributed by atoms with Crippen molar-refractivity contribution in [3.63, 3.8) is 0 Å². The van der Waals surface area contributed by atoms with Crippen LogP contribution in [0.5, 0.6) is 0 Å². The summed E-state index contributed by atoms with van der Waals surface area (Å²) in [6, 6.07) is 1.09. The molecule has 0 spiro atoms. The molecule has 118 valence electrons. The van der Waals surface area contributed by atoms with Gasteiger partial charge in [0, 0.05) is 6.42 Å². The predicted octanol–water partition coefficient (Wildman–Crippen LogP) is 4.83. The maximum absolute atomic E-state index is 13.8. The van der Waals surface area contributed by atoms with Crippen molar-refractivity contribution in [1.29, 1.82) is 5.26 Å². The highest BCUT2D eigenvalue weighted by atomic mass is 19.4. The number of nitriles is 1. The van der Waals surface area contributed by atoms with E-state index >= 15 is 0 Å². The van der Waals surface area contributed by atoms with Gasteiger partial charge in [-0.2, -0.15) is 31.6 Å². The quantitative estimate of drug-likeness (QED) is 0.634. The first-order valence-corrected chi connectivity index (χ1v) is 5.24. The highest BCUT2D eigenvalue weighted by molar-refractivity contribution is 5.47. The number of rotatable bonds is 1. The van der Waals surface area contributed by atoms with Gasteiger partial charge in [-0.05, 0) is 0 Å². The Hall–Kier alpha value is -1.66. The second kappa shape index (κ2) is 4.96. The van der Waals surface area contributed by atoms with Crippen LogP contribution in [0.4, 0.5) is 39.5 Å². The molecule has 2 atom stereocenters. The molecule has 0 N–H and O–H groups in total. The number of hydrogen-bond donors (Lipinski definition) is 0. The Kier molecular flexibility index (Phi) is 4.11. The molecular weight excluding hydrogens is 317 g/mol. The zero-order valence-electron chi connectivity index (χ0n) is 10.1. The van der Waals surface area contributed by atoms with E-state index in [1.165, 1.54) is 0 Å². The lowest BCUT2D eigenvalue weighted by Crippen LogP contribution is -2.43. The Morgan fingerprint density at radius 1 is 1.10 bits per heavy atom. The Morgan fingerprint density at radius 2 is 1.57 bits per heavy atom. The molecule has 0 saturated carbocycles. The van der Waals surface area contributed by atoms with Gasteiger partial charge in [0.25, 0.3) is 0 Å². The normalized spacial score (nSPS) is 28.0. The molecule has 0 bridgehead atoms. The first kappa shape index (κ1) is 17.4. The van der Waals surface area contributed by atoms with Crippen molar-refractivity contribution in [2.45, 2.75) is 31.9 Å². The van der Waals surface area contributed by atoms with Crippen LogP contribution in [0.2, 0.25) is 0 Å². The van der Waals surface area contributed by atoms with Gasteiger partial charge >= 0.3 is 12.4 Å². The van der Waals surface area contributed by atoms with Gasteiger partial charge in [0.1, 0.15) is 11.4 Å². The summed E-state index contributed by atoms with van der Waals surface area (Å²) in [4.78, 5) is 0. The van der Waals surface area contributed by atoms with Crippen LogP contribution >= 0.6 is 0 Å². The minimum Gasteiger partial charge on any atom is -0.239 e. The minimum absolute atomic E-state index is 0.343.